The van der Waals surface area contributed by atoms with E-state index in [4.69, 9.17) is 39.5 Å². The number of rotatable bonds is 8. The molecule has 1 fully saturated rings. The van der Waals surface area contributed by atoms with E-state index in [1.807, 2.05) is 0 Å². The molecule has 0 saturated carbocycles. The summed E-state index contributed by atoms with van der Waals surface area (Å²) in [5.41, 5.74) is 0.636. The van der Waals surface area contributed by atoms with Gasteiger partial charge in [0.2, 0.25) is 0 Å². The number of hydrogen-bond donors (Lipinski definition) is 1. The Morgan fingerprint density at radius 3 is 2.87 bits per heavy atom. The summed E-state index contributed by atoms with van der Waals surface area (Å²) in [7, 11) is 1.23. The molecule has 0 amide bonds. The summed E-state index contributed by atoms with van der Waals surface area (Å²) < 4.78 is 112. The SMILES string of the molecule is [2H]C1([2H])COCC([2H])([2H])N1C([2H])([2H])C([2H])([2H])C([2H])([2H])Oc1cc2c(Nc3ccc(F)c(Cl)c3)ncnc2cc1OC. The number of ether oxygens (including phenoxy) is 3. The topological polar surface area (TPSA) is 68.7 Å². The van der Waals surface area contributed by atoms with E-state index in [9.17, 15) is 4.39 Å². The summed E-state index contributed by atoms with van der Waals surface area (Å²) in [4.78, 5) is 8.27. The zero-order valence-corrected chi connectivity index (χ0v) is 17.0. The summed E-state index contributed by atoms with van der Waals surface area (Å²) in [6.07, 6.45) is -2.47. The van der Waals surface area contributed by atoms with E-state index >= 15 is 0 Å². The van der Waals surface area contributed by atoms with Gasteiger partial charge in [-0.15, -0.1) is 0 Å². The van der Waals surface area contributed by atoms with Crippen LogP contribution in [0.15, 0.2) is 36.7 Å². The first kappa shape index (κ1) is 12.4. The highest BCUT2D eigenvalue weighted by Crippen LogP contribution is 2.35. The highest BCUT2D eigenvalue weighted by molar-refractivity contribution is 6.31. The summed E-state index contributed by atoms with van der Waals surface area (Å²) in [6, 6.07) is 6.40. The van der Waals surface area contributed by atoms with Crippen LogP contribution in [0.2, 0.25) is 5.02 Å². The second kappa shape index (κ2) is 10.1. The van der Waals surface area contributed by atoms with Crippen LogP contribution in [0.25, 0.3) is 10.9 Å². The van der Waals surface area contributed by atoms with Crippen molar-refractivity contribution >= 4 is 34.0 Å². The zero-order chi connectivity index (χ0) is 30.6. The molecule has 4 rings (SSSR count). The Hall–Kier alpha value is -2.68. The van der Waals surface area contributed by atoms with Gasteiger partial charge in [-0.05, 0) is 30.6 Å². The third kappa shape index (κ3) is 5.33. The van der Waals surface area contributed by atoms with Crippen LogP contribution in [0, 0.1) is 5.82 Å². The molecule has 0 bridgehead atoms. The molecular weight excluding hydrogens is 423 g/mol. The number of fused-ring (bicyclic) bond motifs is 1. The van der Waals surface area contributed by atoms with E-state index in [-0.39, 0.29) is 32.4 Å². The molecule has 0 unspecified atom stereocenters. The molecule has 1 saturated heterocycles. The van der Waals surface area contributed by atoms with Gasteiger partial charge < -0.3 is 19.5 Å². The third-order valence-corrected chi connectivity index (χ3v) is 4.42. The molecular formula is C22H24ClFN4O3. The van der Waals surface area contributed by atoms with Gasteiger partial charge in [0.05, 0.1) is 40.2 Å². The smallest absolute Gasteiger partial charge is 0.162 e. The second-order valence-electron chi connectivity index (χ2n) is 6.08. The van der Waals surface area contributed by atoms with Crippen molar-refractivity contribution in [2.24, 2.45) is 0 Å². The van der Waals surface area contributed by atoms with Crippen molar-refractivity contribution < 1.29 is 32.3 Å². The van der Waals surface area contributed by atoms with Crippen LogP contribution in [0.4, 0.5) is 15.9 Å². The lowest BCUT2D eigenvalue weighted by Gasteiger charge is -2.26. The first-order valence-corrected chi connectivity index (χ1v) is 9.34. The molecule has 1 aliphatic heterocycles. The molecule has 0 aliphatic carbocycles. The number of nitrogens with zero attached hydrogens (tertiary/aromatic N) is 3. The molecule has 2 heterocycles. The van der Waals surface area contributed by atoms with Gasteiger partial charge in [0.15, 0.2) is 11.5 Å². The van der Waals surface area contributed by atoms with Crippen LogP contribution >= 0.6 is 11.6 Å². The van der Waals surface area contributed by atoms with Gasteiger partial charge in [0, 0.05) is 47.6 Å². The minimum Gasteiger partial charge on any atom is -0.493 e. The number of morpholine rings is 1. The molecule has 1 aromatic heterocycles. The van der Waals surface area contributed by atoms with Crippen molar-refractivity contribution in [2.75, 3.05) is 51.7 Å². The van der Waals surface area contributed by atoms with Crippen molar-refractivity contribution in [3.8, 4) is 11.5 Å². The monoisotopic (exact) mass is 456 g/mol. The van der Waals surface area contributed by atoms with Gasteiger partial charge in [-0.1, -0.05) is 11.6 Å². The van der Waals surface area contributed by atoms with Crippen LogP contribution in [0.1, 0.15) is 20.1 Å². The van der Waals surface area contributed by atoms with Crippen LogP contribution < -0.4 is 14.8 Å². The lowest BCUT2D eigenvalue weighted by Crippen LogP contribution is -2.37. The minimum absolute atomic E-state index is 0.0149. The van der Waals surface area contributed by atoms with Crippen molar-refractivity contribution in [1.82, 2.24) is 14.9 Å². The van der Waals surface area contributed by atoms with E-state index in [0.29, 0.717) is 5.69 Å². The molecule has 7 nitrogen and oxygen atoms in total. The number of benzene rings is 2. The largest absolute Gasteiger partial charge is 0.493 e. The van der Waals surface area contributed by atoms with Crippen molar-refractivity contribution in [1.29, 1.82) is 0 Å². The Morgan fingerprint density at radius 1 is 1.26 bits per heavy atom. The Balaban J connectivity index is 1.75. The molecule has 3 aromatic rings. The Kier molecular flexibility index (Phi) is 4.03. The third-order valence-electron chi connectivity index (χ3n) is 4.13. The van der Waals surface area contributed by atoms with E-state index in [0.717, 1.165) is 6.07 Å². The van der Waals surface area contributed by atoms with Gasteiger partial charge in [-0.2, -0.15) is 0 Å². The first-order chi connectivity index (χ1) is 18.8. The molecule has 0 spiro atoms. The zero-order valence-electron chi connectivity index (χ0n) is 26.2. The highest BCUT2D eigenvalue weighted by Gasteiger charge is 2.14. The van der Waals surface area contributed by atoms with Gasteiger partial charge in [-0.25, -0.2) is 14.4 Å². The Labute approximate surface area is 199 Å². The van der Waals surface area contributed by atoms with E-state index < -0.39 is 57.2 Å². The second-order valence-corrected chi connectivity index (χ2v) is 6.49. The lowest BCUT2D eigenvalue weighted by molar-refractivity contribution is 0.0357. The maximum atomic E-state index is 13.6. The average Bonchev–Trinajstić information content (AvgIpc) is 2.84. The fourth-order valence-corrected chi connectivity index (χ4v) is 2.86. The average molecular weight is 457 g/mol. The maximum Gasteiger partial charge on any atom is 0.162 e. The van der Waals surface area contributed by atoms with Crippen molar-refractivity contribution in [2.45, 2.75) is 6.37 Å². The van der Waals surface area contributed by atoms with E-state index in [2.05, 4.69) is 15.3 Å². The predicted molar refractivity (Wildman–Crippen MR) is 118 cm³/mol. The standard InChI is InChI=1S/C22H24ClFN4O3/c1-29-20-13-19-16(12-21(20)31-8-2-5-28-6-9-30-10-7-28)22(26-14-25-19)27-15-3-4-18(24)17(23)11-15/h3-4,11-14H,2,5-10H2,1H3,(H,25,26,27)/i2D2,5D2,6D2,7D2,8D2. The lowest BCUT2D eigenvalue weighted by atomic mass is 10.2. The fraction of sp³-hybridized carbons (Fsp3) is 0.364. The molecule has 0 radical (unpaired) electrons. The van der Waals surface area contributed by atoms with Gasteiger partial charge in [0.1, 0.15) is 18.0 Å². The fourth-order valence-electron chi connectivity index (χ4n) is 2.68. The van der Waals surface area contributed by atoms with Gasteiger partial charge in [0.25, 0.3) is 0 Å². The molecule has 1 aliphatic rings. The van der Waals surface area contributed by atoms with Gasteiger partial charge in [-0.3, -0.25) is 4.90 Å². The number of hydrogen-bond acceptors (Lipinski definition) is 7. The molecule has 0 atom stereocenters. The Bertz CT molecular complexity index is 1450. The number of aromatic nitrogens is 2. The quantitative estimate of drug-likeness (QED) is 0.542. The molecule has 164 valence electrons. The summed E-state index contributed by atoms with van der Waals surface area (Å²) in [5, 5.41) is 3.00. The van der Waals surface area contributed by atoms with Crippen molar-refractivity contribution in [3.05, 3.63) is 47.5 Å². The predicted octanol–water partition coefficient (Wildman–Crippen LogP) is 4.28. The Morgan fingerprint density at radius 2 is 2.10 bits per heavy atom. The molecule has 31 heavy (non-hydrogen) atoms. The summed E-state index contributed by atoms with van der Waals surface area (Å²) in [5.74, 6) is -0.990. The van der Waals surface area contributed by atoms with E-state index in [1.54, 1.807) is 0 Å². The van der Waals surface area contributed by atoms with E-state index in [1.165, 1.54) is 37.7 Å². The summed E-state index contributed by atoms with van der Waals surface area (Å²) >= 11 is 5.86. The maximum absolute atomic E-state index is 13.6. The molecule has 9 heteroatoms. The first-order valence-electron chi connectivity index (χ1n) is 14.0. The van der Waals surface area contributed by atoms with Gasteiger partial charge >= 0.3 is 0 Å². The van der Waals surface area contributed by atoms with Crippen LogP contribution in [0.5, 0.6) is 11.5 Å². The molecule has 2 aromatic carbocycles. The minimum atomic E-state index is -3.68. The summed E-state index contributed by atoms with van der Waals surface area (Å²) in [6.45, 7) is -14.4. The number of methoxy groups -OCH3 is 1. The number of halogens is 2. The normalized spacial score (nSPS) is 24.0. The highest BCUT2D eigenvalue weighted by atomic mass is 35.5. The van der Waals surface area contributed by atoms with Crippen LogP contribution in [0.3, 0.4) is 0 Å². The molecule has 1 N–H and O–H groups in total. The number of anilines is 2. The van der Waals surface area contributed by atoms with Crippen LogP contribution in [-0.2, 0) is 4.74 Å². The number of nitrogens with one attached hydrogen (secondary N) is 1. The van der Waals surface area contributed by atoms with Crippen molar-refractivity contribution in [3.63, 3.8) is 0 Å². The van der Waals surface area contributed by atoms with Crippen LogP contribution in [-0.4, -0.2) is 61.2 Å².